The minimum absolute atomic E-state index is 0.0221. The molecule has 1 unspecified atom stereocenters. The van der Waals surface area contributed by atoms with Crippen molar-refractivity contribution in [2.75, 3.05) is 0 Å². The summed E-state index contributed by atoms with van der Waals surface area (Å²) >= 11 is 0. The molecular weight excluding hydrogens is 292 g/mol. The predicted molar refractivity (Wildman–Crippen MR) is 87.3 cm³/mol. The van der Waals surface area contributed by atoms with E-state index in [1.807, 2.05) is 37.3 Å². The van der Waals surface area contributed by atoms with Gasteiger partial charge in [0.25, 0.3) is 5.56 Å². The molecule has 0 aliphatic heterocycles. The van der Waals surface area contributed by atoms with Crippen LogP contribution in [-0.2, 0) is 6.54 Å². The van der Waals surface area contributed by atoms with Crippen LogP contribution in [0.15, 0.2) is 57.9 Å². The molecule has 0 aliphatic carbocycles. The number of H-pyrrole nitrogens is 1. The number of aromatic amines is 1. The zero-order valence-electron chi connectivity index (χ0n) is 12.6. The summed E-state index contributed by atoms with van der Waals surface area (Å²) in [6, 6.07) is 13.3. The van der Waals surface area contributed by atoms with E-state index in [1.54, 1.807) is 12.3 Å². The first kappa shape index (κ1) is 13.8. The summed E-state index contributed by atoms with van der Waals surface area (Å²) in [6.45, 7) is 2.52. The van der Waals surface area contributed by atoms with Gasteiger partial charge in [0, 0.05) is 30.3 Å². The number of furan rings is 1. The highest BCUT2D eigenvalue weighted by molar-refractivity contribution is 5.77. The van der Waals surface area contributed by atoms with Gasteiger partial charge in [-0.1, -0.05) is 18.2 Å². The van der Waals surface area contributed by atoms with Gasteiger partial charge in [-0.15, -0.1) is 0 Å². The largest absolute Gasteiger partial charge is 0.459 e. The van der Waals surface area contributed by atoms with Crippen LogP contribution in [0.4, 0.5) is 0 Å². The summed E-state index contributed by atoms with van der Waals surface area (Å²) in [5.41, 5.74) is 2.08. The number of nitrogens with zero attached hydrogens (tertiary/aromatic N) is 2. The molecule has 116 valence electrons. The Balaban J connectivity index is 1.53. The van der Waals surface area contributed by atoms with Crippen molar-refractivity contribution in [1.29, 1.82) is 0 Å². The monoisotopic (exact) mass is 308 g/mol. The summed E-state index contributed by atoms with van der Waals surface area (Å²) in [6.07, 6.45) is 1.69. The molecule has 0 saturated heterocycles. The molecule has 3 aromatic heterocycles. The van der Waals surface area contributed by atoms with Crippen LogP contribution in [0.2, 0.25) is 0 Å². The van der Waals surface area contributed by atoms with E-state index in [9.17, 15) is 4.79 Å². The smallest absolute Gasteiger partial charge is 0.272 e. The van der Waals surface area contributed by atoms with Crippen molar-refractivity contribution >= 4 is 16.6 Å². The predicted octanol–water partition coefficient (Wildman–Crippen LogP) is 2.62. The van der Waals surface area contributed by atoms with Gasteiger partial charge in [-0.3, -0.25) is 9.89 Å². The number of rotatable bonds is 4. The van der Waals surface area contributed by atoms with Crippen molar-refractivity contribution in [3.8, 4) is 0 Å². The Morgan fingerprint density at radius 1 is 1.30 bits per heavy atom. The van der Waals surface area contributed by atoms with Crippen LogP contribution < -0.4 is 10.9 Å². The lowest BCUT2D eigenvalue weighted by Gasteiger charge is -2.10. The van der Waals surface area contributed by atoms with Gasteiger partial charge < -0.3 is 9.73 Å². The number of aromatic nitrogens is 3. The third-order valence-corrected chi connectivity index (χ3v) is 3.89. The molecular formula is C17H16N4O2. The highest BCUT2D eigenvalue weighted by Crippen LogP contribution is 2.23. The Bertz CT molecular complexity index is 995. The summed E-state index contributed by atoms with van der Waals surface area (Å²) < 4.78 is 7.25. The molecule has 0 spiro atoms. The molecule has 0 saturated carbocycles. The quantitative estimate of drug-likeness (QED) is 0.607. The fourth-order valence-electron chi connectivity index (χ4n) is 2.64. The van der Waals surface area contributed by atoms with Crippen LogP contribution in [-0.4, -0.2) is 14.6 Å². The maximum absolute atomic E-state index is 11.9. The van der Waals surface area contributed by atoms with E-state index >= 15 is 0 Å². The zero-order valence-corrected chi connectivity index (χ0v) is 12.6. The molecule has 0 aliphatic rings. The molecule has 3 heterocycles. The molecule has 0 fully saturated rings. The van der Waals surface area contributed by atoms with E-state index in [4.69, 9.17) is 4.42 Å². The van der Waals surface area contributed by atoms with Crippen molar-refractivity contribution in [3.63, 3.8) is 0 Å². The van der Waals surface area contributed by atoms with E-state index in [1.165, 1.54) is 10.6 Å². The Kier molecular flexibility index (Phi) is 3.24. The van der Waals surface area contributed by atoms with Gasteiger partial charge in [-0.05, 0) is 19.1 Å². The molecule has 1 atom stereocenters. The van der Waals surface area contributed by atoms with Gasteiger partial charge in [0.1, 0.15) is 11.3 Å². The molecule has 2 N–H and O–H groups in total. The first-order chi connectivity index (χ1) is 11.2. The summed E-state index contributed by atoms with van der Waals surface area (Å²) in [5.74, 6) is 0.866. The third kappa shape index (κ3) is 2.53. The lowest BCUT2D eigenvalue weighted by molar-refractivity contribution is 0.449. The van der Waals surface area contributed by atoms with Gasteiger partial charge >= 0.3 is 0 Å². The van der Waals surface area contributed by atoms with Gasteiger partial charge in [0.2, 0.25) is 0 Å². The lowest BCUT2D eigenvalue weighted by Crippen LogP contribution is -2.21. The van der Waals surface area contributed by atoms with Crippen LogP contribution >= 0.6 is 0 Å². The maximum Gasteiger partial charge on any atom is 0.272 e. The fourth-order valence-corrected chi connectivity index (χ4v) is 2.64. The molecule has 23 heavy (non-hydrogen) atoms. The van der Waals surface area contributed by atoms with Crippen LogP contribution in [0, 0.1) is 0 Å². The highest BCUT2D eigenvalue weighted by atomic mass is 16.3. The minimum Gasteiger partial charge on any atom is -0.459 e. The summed E-state index contributed by atoms with van der Waals surface area (Å²) in [7, 11) is 0. The molecule has 6 nitrogen and oxygen atoms in total. The number of hydrogen-bond acceptors (Lipinski definition) is 4. The average Bonchev–Trinajstić information content (AvgIpc) is 3.19. The van der Waals surface area contributed by atoms with Crippen LogP contribution in [0.3, 0.4) is 0 Å². The van der Waals surface area contributed by atoms with E-state index in [0.29, 0.717) is 17.9 Å². The molecule has 4 rings (SSSR count). The van der Waals surface area contributed by atoms with Crippen molar-refractivity contribution in [1.82, 2.24) is 19.9 Å². The molecule has 0 bridgehead atoms. The lowest BCUT2D eigenvalue weighted by atomic mass is 10.2. The van der Waals surface area contributed by atoms with Crippen LogP contribution in [0.1, 0.15) is 24.4 Å². The molecule has 0 radical (unpaired) electrons. The van der Waals surface area contributed by atoms with Crippen molar-refractivity contribution in [3.05, 3.63) is 70.5 Å². The van der Waals surface area contributed by atoms with Gasteiger partial charge in [0.05, 0.1) is 11.7 Å². The summed E-state index contributed by atoms with van der Waals surface area (Å²) in [4.78, 5) is 16.4. The second-order valence-electron chi connectivity index (χ2n) is 5.53. The SMILES string of the molecule is CC(NCc1cc(=O)n2[nH]ccc2n1)c1cc2ccccc2o1. The van der Waals surface area contributed by atoms with Crippen LogP contribution in [0.5, 0.6) is 0 Å². The van der Waals surface area contributed by atoms with E-state index < -0.39 is 0 Å². The van der Waals surface area contributed by atoms with Crippen LogP contribution in [0.25, 0.3) is 16.6 Å². The second-order valence-corrected chi connectivity index (χ2v) is 5.53. The number of fused-ring (bicyclic) bond motifs is 2. The molecule has 6 heteroatoms. The minimum atomic E-state index is -0.117. The summed E-state index contributed by atoms with van der Waals surface area (Å²) in [5, 5.41) is 7.26. The Labute approximate surface area is 131 Å². The van der Waals surface area contributed by atoms with Crippen molar-refractivity contribution < 1.29 is 4.42 Å². The average molecular weight is 308 g/mol. The number of para-hydroxylation sites is 1. The Morgan fingerprint density at radius 3 is 3.04 bits per heavy atom. The van der Waals surface area contributed by atoms with E-state index in [0.717, 1.165) is 16.7 Å². The third-order valence-electron chi connectivity index (χ3n) is 3.89. The van der Waals surface area contributed by atoms with Gasteiger partial charge in [-0.2, -0.15) is 0 Å². The van der Waals surface area contributed by atoms with E-state index in [2.05, 4.69) is 15.4 Å². The van der Waals surface area contributed by atoms with Gasteiger partial charge in [0.15, 0.2) is 5.65 Å². The first-order valence-corrected chi connectivity index (χ1v) is 7.48. The first-order valence-electron chi connectivity index (χ1n) is 7.48. The van der Waals surface area contributed by atoms with Gasteiger partial charge in [-0.25, -0.2) is 9.50 Å². The van der Waals surface area contributed by atoms with Crippen molar-refractivity contribution in [2.45, 2.75) is 19.5 Å². The second kappa shape index (κ2) is 5.40. The normalized spacial score (nSPS) is 12.9. The zero-order chi connectivity index (χ0) is 15.8. The number of benzene rings is 1. The maximum atomic E-state index is 11.9. The Morgan fingerprint density at radius 2 is 2.17 bits per heavy atom. The molecule has 1 aromatic carbocycles. The molecule has 0 amide bonds. The fraction of sp³-hybridized carbons (Fsp3) is 0.176. The van der Waals surface area contributed by atoms with Crippen molar-refractivity contribution in [2.24, 2.45) is 0 Å². The van der Waals surface area contributed by atoms with E-state index in [-0.39, 0.29) is 11.6 Å². The topological polar surface area (TPSA) is 75.3 Å². The standard InChI is InChI=1S/C17H16N4O2/c1-11(15-8-12-4-2-3-5-14(12)23-15)18-10-13-9-17(22)21-16(20-13)6-7-19-21/h2-9,11,18-19H,10H2,1H3. The molecule has 4 aromatic rings. The highest BCUT2D eigenvalue weighted by Gasteiger charge is 2.12. The Hall–Kier alpha value is -2.86. The number of hydrogen-bond donors (Lipinski definition) is 2. The number of nitrogens with one attached hydrogen (secondary N) is 2.